The van der Waals surface area contributed by atoms with Crippen molar-refractivity contribution in [3.05, 3.63) is 90.0 Å². The molecule has 3 aromatic carbocycles. The summed E-state index contributed by atoms with van der Waals surface area (Å²) in [5, 5.41) is 9.41. The molecule has 0 aliphatic heterocycles. The first-order valence-corrected chi connectivity index (χ1v) is 8.14. The topological polar surface area (TPSA) is 29.5 Å². The first-order chi connectivity index (χ1) is 11.5. The van der Waals surface area contributed by atoms with Gasteiger partial charge in [-0.2, -0.15) is 0 Å². The Morgan fingerprint density at radius 2 is 1.33 bits per heavy atom. The number of rotatable bonds is 5. The highest BCUT2D eigenvalue weighted by molar-refractivity contribution is 5.37. The van der Waals surface area contributed by atoms with Gasteiger partial charge in [-0.25, -0.2) is 0 Å². The summed E-state index contributed by atoms with van der Waals surface area (Å²) < 4.78 is 5.85. The Balaban J connectivity index is 1.72. The van der Waals surface area contributed by atoms with Crippen LogP contribution in [-0.4, -0.2) is 5.11 Å². The minimum atomic E-state index is 0.00223. The first-order valence-electron chi connectivity index (χ1n) is 8.14. The van der Waals surface area contributed by atoms with Gasteiger partial charge in [0.05, 0.1) is 0 Å². The Morgan fingerprint density at radius 1 is 0.750 bits per heavy atom. The van der Waals surface area contributed by atoms with E-state index in [9.17, 15) is 5.11 Å². The average molecular weight is 318 g/mol. The van der Waals surface area contributed by atoms with E-state index in [1.54, 1.807) is 12.1 Å². The van der Waals surface area contributed by atoms with Crippen LogP contribution in [0.15, 0.2) is 78.9 Å². The average Bonchev–Trinajstić information content (AvgIpc) is 2.58. The summed E-state index contributed by atoms with van der Waals surface area (Å²) in [6.07, 6.45) is 0.909. The molecule has 2 heteroatoms. The number of ether oxygens (including phenoxy) is 1. The summed E-state index contributed by atoms with van der Waals surface area (Å²) in [6.45, 7) is 4.46. The van der Waals surface area contributed by atoms with E-state index in [0.717, 1.165) is 17.9 Å². The van der Waals surface area contributed by atoms with E-state index in [1.165, 1.54) is 11.1 Å². The maximum absolute atomic E-state index is 9.41. The van der Waals surface area contributed by atoms with Gasteiger partial charge in [-0.05, 0) is 59.4 Å². The molecule has 0 unspecified atom stereocenters. The van der Waals surface area contributed by atoms with Crippen LogP contribution in [0.2, 0.25) is 0 Å². The van der Waals surface area contributed by atoms with Crippen LogP contribution in [-0.2, 0) is 11.8 Å². The minimum Gasteiger partial charge on any atom is -0.508 e. The third kappa shape index (κ3) is 3.96. The molecular weight excluding hydrogens is 296 g/mol. The monoisotopic (exact) mass is 318 g/mol. The molecule has 122 valence electrons. The highest BCUT2D eigenvalue weighted by Crippen LogP contribution is 2.30. The van der Waals surface area contributed by atoms with Gasteiger partial charge >= 0.3 is 0 Å². The summed E-state index contributed by atoms with van der Waals surface area (Å²) >= 11 is 0. The van der Waals surface area contributed by atoms with Gasteiger partial charge in [0, 0.05) is 0 Å². The highest BCUT2D eigenvalue weighted by atomic mass is 16.5. The molecule has 0 heterocycles. The molecule has 0 aromatic heterocycles. The van der Waals surface area contributed by atoms with Gasteiger partial charge < -0.3 is 9.84 Å². The number of phenolic OH excluding ortho intramolecular Hbond substituents is 1. The van der Waals surface area contributed by atoms with Gasteiger partial charge in [0.15, 0.2) is 0 Å². The second kappa shape index (κ2) is 6.79. The van der Waals surface area contributed by atoms with E-state index < -0.39 is 0 Å². The molecule has 0 fully saturated rings. The molecule has 0 aliphatic carbocycles. The third-order valence-corrected chi connectivity index (χ3v) is 4.20. The summed E-state index contributed by atoms with van der Waals surface area (Å²) in [7, 11) is 0. The standard InChI is InChI=1S/C22H22O2/c1-22(2,16-17-8-12-19(23)13-9-17)18-10-14-21(15-11-18)24-20-6-4-3-5-7-20/h3-15,23H,16H2,1-2H3. The Kier molecular flexibility index (Phi) is 4.57. The molecular formula is C22H22O2. The van der Waals surface area contributed by atoms with Crippen molar-refractivity contribution in [3.8, 4) is 17.2 Å². The van der Waals surface area contributed by atoms with Gasteiger partial charge in [0.2, 0.25) is 0 Å². The molecule has 0 radical (unpaired) electrons. The minimum absolute atomic E-state index is 0.00223. The van der Waals surface area contributed by atoms with Crippen molar-refractivity contribution < 1.29 is 9.84 Å². The van der Waals surface area contributed by atoms with E-state index in [0.29, 0.717) is 5.75 Å². The Hall–Kier alpha value is -2.74. The predicted molar refractivity (Wildman–Crippen MR) is 97.8 cm³/mol. The second-order valence-electron chi connectivity index (χ2n) is 6.67. The number of benzene rings is 3. The van der Waals surface area contributed by atoms with Crippen molar-refractivity contribution in [2.24, 2.45) is 0 Å². The predicted octanol–water partition coefficient (Wildman–Crippen LogP) is 5.70. The highest BCUT2D eigenvalue weighted by Gasteiger charge is 2.21. The van der Waals surface area contributed by atoms with Gasteiger partial charge in [-0.15, -0.1) is 0 Å². The lowest BCUT2D eigenvalue weighted by atomic mass is 9.79. The lowest BCUT2D eigenvalue weighted by molar-refractivity contribution is 0.473. The van der Waals surface area contributed by atoms with E-state index in [2.05, 4.69) is 26.0 Å². The normalized spacial score (nSPS) is 11.2. The molecule has 0 bridgehead atoms. The number of aromatic hydroxyl groups is 1. The molecule has 0 saturated heterocycles. The van der Waals surface area contributed by atoms with Crippen molar-refractivity contribution in [1.82, 2.24) is 0 Å². The van der Waals surface area contributed by atoms with Gasteiger partial charge in [0.25, 0.3) is 0 Å². The van der Waals surface area contributed by atoms with Gasteiger partial charge in [-0.1, -0.05) is 56.3 Å². The van der Waals surface area contributed by atoms with E-state index in [1.807, 2.05) is 54.6 Å². The van der Waals surface area contributed by atoms with E-state index >= 15 is 0 Å². The zero-order valence-corrected chi connectivity index (χ0v) is 14.1. The smallest absolute Gasteiger partial charge is 0.127 e. The molecule has 0 saturated carbocycles. The number of hydrogen-bond donors (Lipinski definition) is 1. The molecule has 3 aromatic rings. The van der Waals surface area contributed by atoms with Crippen molar-refractivity contribution in [1.29, 1.82) is 0 Å². The Labute approximate surface area is 143 Å². The molecule has 0 spiro atoms. The lowest BCUT2D eigenvalue weighted by Gasteiger charge is -2.25. The molecule has 0 amide bonds. The molecule has 0 aliphatic rings. The fraction of sp³-hybridized carbons (Fsp3) is 0.182. The summed E-state index contributed by atoms with van der Waals surface area (Å²) in [5.74, 6) is 1.98. The maximum Gasteiger partial charge on any atom is 0.127 e. The number of phenols is 1. The SMILES string of the molecule is CC(C)(Cc1ccc(O)cc1)c1ccc(Oc2ccccc2)cc1. The van der Waals surface area contributed by atoms with E-state index in [4.69, 9.17) is 4.74 Å². The first kappa shape index (κ1) is 16.1. The lowest BCUT2D eigenvalue weighted by Crippen LogP contribution is -2.20. The van der Waals surface area contributed by atoms with Gasteiger partial charge in [-0.3, -0.25) is 0 Å². The van der Waals surface area contributed by atoms with Crippen LogP contribution >= 0.6 is 0 Å². The number of para-hydroxylation sites is 1. The fourth-order valence-electron chi connectivity index (χ4n) is 2.82. The molecule has 3 rings (SSSR count). The van der Waals surface area contributed by atoms with Crippen molar-refractivity contribution >= 4 is 0 Å². The summed E-state index contributed by atoms with van der Waals surface area (Å²) in [4.78, 5) is 0. The molecule has 24 heavy (non-hydrogen) atoms. The Bertz CT molecular complexity index is 772. The van der Waals surface area contributed by atoms with Crippen LogP contribution < -0.4 is 4.74 Å². The summed E-state index contributed by atoms with van der Waals surface area (Å²) in [5.41, 5.74) is 2.47. The second-order valence-corrected chi connectivity index (χ2v) is 6.67. The largest absolute Gasteiger partial charge is 0.508 e. The van der Waals surface area contributed by atoms with Crippen LogP contribution in [0, 0.1) is 0 Å². The summed E-state index contributed by atoms with van der Waals surface area (Å²) in [6, 6.07) is 25.5. The third-order valence-electron chi connectivity index (χ3n) is 4.20. The van der Waals surface area contributed by atoms with Crippen LogP contribution in [0.4, 0.5) is 0 Å². The molecule has 1 N–H and O–H groups in total. The molecule has 2 nitrogen and oxygen atoms in total. The van der Waals surface area contributed by atoms with Gasteiger partial charge in [0.1, 0.15) is 17.2 Å². The zero-order chi connectivity index (χ0) is 17.0. The van der Waals surface area contributed by atoms with Crippen LogP contribution in [0.1, 0.15) is 25.0 Å². The van der Waals surface area contributed by atoms with Crippen molar-refractivity contribution in [2.45, 2.75) is 25.7 Å². The van der Waals surface area contributed by atoms with Crippen molar-refractivity contribution in [2.75, 3.05) is 0 Å². The quantitative estimate of drug-likeness (QED) is 0.653. The van der Waals surface area contributed by atoms with Crippen molar-refractivity contribution in [3.63, 3.8) is 0 Å². The van der Waals surface area contributed by atoms with Crippen LogP contribution in [0.3, 0.4) is 0 Å². The number of hydrogen-bond acceptors (Lipinski definition) is 2. The fourth-order valence-corrected chi connectivity index (χ4v) is 2.82. The zero-order valence-electron chi connectivity index (χ0n) is 14.1. The van der Waals surface area contributed by atoms with E-state index in [-0.39, 0.29) is 5.41 Å². The Morgan fingerprint density at radius 3 is 1.96 bits per heavy atom. The maximum atomic E-state index is 9.41. The molecule has 0 atom stereocenters. The van der Waals surface area contributed by atoms with Crippen LogP contribution in [0.25, 0.3) is 0 Å². The van der Waals surface area contributed by atoms with Crippen LogP contribution in [0.5, 0.6) is 17.2 Å².